The van der Waals surface area contributed by atoms with Crippen molar-refractivity contribution in [2.75, 3.05) is 26.2 Å². The van der Waals surface area contributed by atoms with Gasteiger partial charge in [-0.2, -0.15) is 4.31 Å². The number of piperazine rings is 1. The summed E-state index contributed by atoms with van der Waals surface area (Å²) in [5, 5.41) is 1.90. The highest BCUT2D eigenvalue weighted by molar-refractivity contribution is 7.89. The van der Waals surface area contributed by atoms with Gasteiger partial charge in [-0.15, -0.1) is 0 Å². The van der Waals surface area contributed by atoms with Crippen LogP contribution in [-0.2, 0) is 10.0 Å². The number of fused-ring (bicyclic) bond motifs is 1. The van der Waals surface area contributed by atoms with E-state index in [0.717, 1.165) is 16.5 Å². The van der Waals surface area contributed by atoms with Crippen LogP contribution in [0.15, 0.2) is 96.2 Å². The first-order valence-electron chi connectivity index (χ1n) is 10.5. The minimum Gasteiger partial charge on any atom is -0.336 e. The zero-order valence-electron chi connectivity index (χ0n) is 17.5. The van der Waals surface area contributed by atoms with Crippen LogP contribution in [0.5, 0.6) is 0 Å². The van der Waals surface area contributed by atoms with E-state index in [2.05, 4.69) is 0 Å². The summed E-state index contributed by atoms with van der Waals surface area (Å²) in [5.41, 5.74) is 1.51. The summed E-state index contributed by atoms with van der Waals surface area (Å²) in [7, 11) is -3.61. The number of amides is 1. The molecule has 0 atom stereocenters. The number of hydrogen-bond donors (Lipinski definition) is 0. The van der Waals surface area contributed by atoms with Crippen molar-refractivity contribution in [2.45, 2.75) is 4.90 Å². The summed E-state index contributed by atoms with van der Waals surface area (Å²) < 4.78 is 29.8. The topological polar surface area (TPSA) is 62.6 Å². The number of sulfonamides is 1. The number of carbonyl (C=O) groups is 1. The van der Waals surface area contributed by atoms with Crippen LogP contribution in [0.4, 0.5) is 0 Å². The van der Waals surface area contributed by atoms with Crippen LogP contribution in [0, 0.1) is 0 Å². The summed E-state index contributed by atoms with van der Waals surface area (Å²) in [6, 6.07) is 24.2. The molecule has 3 aromatic carbocycles. The van der Waals surface area contributed by atoms with Gasteiger partial charge in [-0.1, -0.05) is 36.4 Å². The van der Waals surface area contributed by atoms with Crippen LogP contribution in [-0.4, -0.2) is 54.3 Å². The summed E-state index contributed by atoms with van der Waals surface area (Å²) >= 11 is 0. The predicted octanol–water partition coefficient (Wildman–Crippen LogP) is 3.78. The molecule has 1 aromatic heterocycles. The Bertz CT molecular complexity index is 1370. The van der Waals surface area contributed by atoms with E-state index in [0.29, 0.717) is 18.7 Å². The lowest BCUT2D eigenvalue weighted by atomic mass is 10.1. The summed E-state index contributed by atoms with van der Waals surface area (Å²) in [6.45, 7) is 1.27. The minimum absolute atomic E-state index is 0.0817. The Morgan fingerprint density at radius 1 is 0.719 bits per heavy atom. The van der Waals surface area contributed by atoms with Gasteiger partial charge in [0, 0.05) is 49.8 Å². The number of rotatable bonds is 4. The third-order valence-electron chi connectivity index (χ3n) is 5.88. The largest absolute Gasteiger partial charge is 0.336 e. The first-order valence-corrected chi connectivity index (χ1v) is 12.0. The van der Waals surface area contributed by atoms with E-state index in [4.69, 9.17) is 0 Å². The van der Waals surface area contributed by atoms with E-state index in [-0.39, 0.29) is 23.9 Å². The van der Waals surface area contributed by atoms with E-state index in [9.17, 15) is 13.2 Å². The van der Waals surface area contributed by atoms with Gasteiger partial charge >= 0.3 is 0 Å². The molecule has 7 heteroatoms. The molecule has 0 saturated carbocycles. The average Bonchev–Trinajstić information content (AvgIpc) is 3.39. The lowest BCUT2D eigenvalue weighted by Crippen LogP contribution is -2.50. The first-order chi connectivity index (χ1) is 15.5. The van der Waals surface area contributed by atoms with E-state index < -0.39 is 10.0 Å². The van der Waals surface area contributed by atoms with Crippen LogP contribution < -0.4 is 0 Å². The van der Waals surface area contributed by atoms with Crippen LogP contribution in [0.25, 0.3) is 16.5 Å². The Labute approximate surface area is 187 Å². The van der Waals surface area contributed by atoms with E-state index in [1.54, 1.807) is 23.1 Å². The fourth-order valence-electron chi connectivity index (χ4n) is 4.10. The van der Waals surface area contributed by atoms with Gasteiger partial charge in [0.05, 0.1) is 4.90 Å². The standard InChI is InChI=1S/C25H23N3O3S/c29-25(22-8-5-9-23(18-22)26-12-3-4-13-26)27-14-16-28(17-15-27)32(30,31)24-11-10-20-6-1-2-7-21(20)19-24/h1-13,18-19H,14-17H2. The summed E-state index contributed by atoms with van der Waals surface area (Å²) in [6.07, 6.45) is 3.86. The number of nitrogens with zero attached hydrogens (tertiary/aromatic N) is 3. The van der Waals surface area contributed by atoms with Gasteiger partial charge < -0.3 is 9.47 Å². The molecule has 1 aliphatic rings. The van der Waals surface area contributed by atoms with Gasteiger partial charge in [0.1, 0.15) is 0 Å². The third-order valence-corrected chi connectivity index (χ3v) is 7.77. The van der Waals surface area contributed by atoms with Crippen molar-refractivity contribution in [3.05, 3.63) is 96.8 Å². The van der Waals surface area contributed by atoms with Crippen molar-refractivity contribution in [3.63, 3.8) is 0 Å². The second-order valence-electron chi connectivity index (χ2n) is 7.85. The van der Waals surface area contributed by atoms with E-state index >= 15 is 0 Å². The van der Waals surface area contributed by atoms with E-state index in [1.165, 1.54) is 4.31 Å². The highest BCUT2D eigenvalue weighted by Crippen LogP contribution is 2.23. The highest BCUT2D eigenvalue weighted by Gasteiger charge is 2.30. The number of carbonyl (C=O) groups excluding carboxylic acids is 1. The maximum Gasteiger partial charge on any atom is 0.254 e. The molecule has 0 bridgehead atoms. The normalized spacial score (nSPS) is 15.2. The molecular weight excluding hydrogens is 422 g/mol. The molecule has 1 saturated heterocycles. The first kappa shape index (κ1) is 20.5. The van der Waals surface area contributed by atoms with Crippen LogP contribution in [0.2, 0.25) is 0 Å². The van der Waals surface area contributed by atoms with Crippen LogP contribution in [0.3, 0.4) is 0 Å². The quantitative estimate of drug-likeness (QED) is 0.480. The molecule has 0 N–H and O–H groups in total. The zero-order valence-corrected chi connectivity index (χ0v) is 18.3. The van der Waals surface area contributed by atoms with Gasteiger partial charge in [-0.25, -0.2) is 8.42 Å². The summed E-state index contributed by atoms with van der Waals surface area (Å²) in [4.78, 5) is 15.1. The molecule has 1 aliphatic heterocycles. The van der Waals surface area contributed by atoms with Gasteiger partial charge in [0.25, 0.3) is 5.91 Å². The van der Waals surface area contributed by atoms with Crippen molar-refractivity contribution in [1.29, 1.82) is 0 Å². The molecule has 2 heterocycles. The molecular formula is C25H23N3O3S. The molecule has 1 fully saturated rings. The monoisotopic (exact) mass is 445 g/mol. The Morgan fingerprint density at radius 2 is 1.44 bits per heavy atom. The molecule has 5 rings (SSSR count). The second-order valence-corrected chi connectivity index (χ2v) is 9.78. The van der Waals surface area contributed by atoms with Crippen molar-refractivity contribution in [3.8, 4) is 5.69 Å². The number of hydrogen-bond acceptors (Lipinski definition) is 3. The van der Waals surface area contributed by atoms with Crippen molar-refractivity contribution < 1.29 is 13.2 Å². The van der Waals surface area contributed by atoms with Gasteiger partial charge in [-0.05, 0) is 53.2 Å². The summed E-state index contributed by atoms with van der Waals surface area (Å²) in [5.74, 6) is -0.0817. The number of benzene rings is 3. The van der Waals surface area contributed by atoms with Crippen molar-refractivity contribution >= 4 is 26.7 Å². The maximum atomic E-state index is 13.2. The Morgan fingerprint density at radius 3 is 2.19 bits per heavy atom. The molecule has 162 valence electrons. The van der Waals surface area contributed by atoms with E-state index in [1.807, 2.05) is 77.6 Å². The highest BCUT2D eigenvalue weighted by atomic mass is 32.2. The SMILES string of the molecule is O=C(c1cccc(-n2cccc2)c1)N1CCN(S(=O)(=O)c2ccc3ccccc3c2)CC1. The lowest BCUT2D eigenvalue weighted by Gasteiger charge is -2.34. The zero-order chi connectivity index (χ0) is 22.1. The Kier molecular flexibility index (Phi) is 5.28. The minimum atomic E-state index is -3.61. The van der Waals surface area contributed by atoms with Gasteiger partial charge in [0.15, 0.2) is 0 Å². The molecule has 0 spiro atoms. The lowest BCUT2D eigenvalue weighted by molar-refractivity contribution is 0.0698. The van der Waals surface area contributed by atoms with Crippen LogP contribution >= 0.6 is 0 Å². The molecule has 1 amide bonds. The molecule has 0 aliphatic carbocycles. The fourth-order valence-corrected chi connectivity index (χ4v) is 5.56. The molecule has 4 aromatic rings. The van der Waals surface area contributed by atoms with Gasteiger partial charge in [-0.3, -0.25) is 4.79 Å². The average molecular weight is 446 g/mol. The molecule has 32 heavy (non-hydrogen) atoms. The fraction of sp³-hybridized carbons (Fsp3) is 0.160. The Hall–Kier alpha value is -3.42. The van der Waals surface area contributed by atoms with Crippen molar-refractivity contribution in [2.24, 2.45) is 0 Å². The third kappa shape index (κ3) is 3.81. The number of aromatic nitrogens is 1. The van der Waals surface area contributed by atoms with Crippen molar-refractivity contribution in [1.82, 2.24) is 13.8 Å². The molecule has 0 radical (unpaired) electrons. The predicted molar refractivity (Wildman–Crippen MR) is 124 cm³/mol. The second kappa shape index (κ2) is 8.26. The molecule has 0 unspecified atom stereocenters. The van der Waals surface area contributed by atoms with Gasteiger partial charge in [0.2, 0.25) is 10.0 Å². The molecule has 6 nitrogen and oxygen atoms in total. The Balaban J connectivity index is 1.30. The smallest absolute Gasteiger partial charge is 0.254 e. The maximum absolute atomic E-state index is 13.2. The van der Waals surface area contributed by atoms with Crippen LogP contribution in [0.1, 0.15) is 10.4 Å².